The van der Waals surface area contributed by atoms with E-state index in [-0.39, 0.29) is 5.97 Å². The molecule has 4 nitrogen and oxygen atoms in total. The first-order chi connectivity index (χ1) is 9.70. The van der Waals surface area contributed by atoms with Crippen LogP contribution in [-0.2, 0) is 11.3 Å². The minimum atomic E-state index is -0.275. The van der Waals surface area contributed by atoms with Gasteiger partial charge in [0.2, 0.25) is 0 Å². The number of carbonyl (C=O) groups excluding carboxylic acids is 1. The zero-order chi connectivity index (χ0) is 15.0. The number of rotatable bonds is 4. The summed E-state index contributed by atoms with van der Waals surface area (Å²) in [6.07, 6.45) is 3.72. The maximum Gasteiger partial charge on any atom is 0.338 e. The first-order valence-electron chi connectivity index (χ1n) is 6.94. The molecule has 1 aromatic carbocycles. The molecule has 0 unspecified atom stereocenters. The van der Waals surface area contributed by atoms with Gasteiger partial charge in [0, 0.05) is 18.9 Å². The number of aromatic nitrogens is 2. The molecular formula is C16H22N2O2. The highest BCUT2D eigenvalue weighted by atomic mass is 16.5. The second kappa shape index (κ2) is 8.15. The molecule has 0 fully saturated rings. The van der Waals surface area contributed by atoms with Gasteiger partial charge in [-0.05, 0) is 31.5 Å². The number of ether oxygens (including phenoxy) is 1. The lowest BCUT2D eigenvalue weighted by Gasteiger charge is -2.06. The van der Waals surface area contributed by atoms with Gasteiger partial charge in [0.15, 0.2) is 0 Å². The van der Waals surface area contributed by atoms with Gasteiger partial charge in [0.1, 0.15) is 5.82 Å². The summed E-state index contributed by atoms with van der Waals surface area (Å²) < 4.78 is 6.99. The SMILES string of the molecule is CC.CCOC(=O)c1ccc(Cn2ccnc2C)cc1. The van der Waals surface area contributed by atoms with Crippen molar-refractivity contribution >= 4 is 5.97 Å². The highest BCUT2D eigenvalue weighted by molar-refractivity contribution is 5.89. The summed E-state index contributed by atoms with van der Waals surface area (Å²) in [5, 5.41) is 0. The van der Waals surface area contributed by atoms with Gasteiger partial charge in [0.25, 0.3) is 0 Å². The average molecular weight is 274 g/mol. The topological polar surface area (TPSA) is 44.1 Å². The monoisotopic (exact) mass is 274 g/mol. The van der Waals surface area contributed by atoms with Gasteiger partial charge in [-0.25, -0.2) is 9.78 Å². The van der Waals surface area contributed by atoms with Gasteiger partial charge in [-0.2, -0.15) is 0 Å². The Bertz CT molecular complexity index is 530. The predicted molar refractivity (Wildman–Crippen MR) is 79.8 cm³/mol. The van der Waals surface area contributed by atoms with Crippen LogP contribution in [0.25, 0.3) is 0 Å². The van der Waals surface area contributed by atoms with E-state index in [0.717, 1.165) is 17.9 Å². The third kappa shape index (κ3) is 4.23. The lowest BCUT2D eigenvalue weighted by atomic mass is 10.1. The Morgan fingerprint density at radius 3 is 2.40 bits per heavy atom. The van der Waals surface area contributed by atoms with Gasteiger partial charge in [0.05, 0.1) is 12.2 Å². The standard InChI is InChI=1S/C14H16N2O2.C2H6/c1-3-18-14(17)13-6-4-12(5-7-13)10-16-9-8-15-11(16)2;1-2/h4-9H,3,10H2,1-2H3;1-2H3. The number of hydrogen-bond donors (Lipinski definition) is 0. The van der Waals surface area contributed by atoms with Crippen molar-refractivity contribution in [2.24, 2.45) is 0 Å². The Morgan fingerprint density at radius 1 is 1.25 bits per heavy atom. The molecule has 1 heterocycles. The van der Waals surface area contributed by atoms with Crippen LogP contribution in [0.2, 0.25) is 0 Å². The van der Waals surface area contributed by atoms with Crippen LogP contribution >= 0.6 is 0 Å². The fourth-order valence-electron chi connectivity index (χ4n) is 1.73. The molecule has 4 heteroatoms. The van der Waals surface area contributed by atoms with E-state index in [0.29, 0.717) is 12.2 Å². The molecule has 0 saturated heterocycles. The molecule has 1 aromatic heterocycles. The number of nitrogens with zero attached hydrogens (tertiary/aromatic N) is 2. The smallest absolute Gasteiger partial charge is 0.338 e. The second-order valence-electron chi connectivity index (χ2n) is 4.02. The molecule has 0 spiro atoms. The van der Waals surface area contributed by atoms with Crippen LogP contribution in [0.1, 0.15) is 42.5 Å². The summed E-state index contributed by atoms with van der Waals surface area (Å²) in [6, 6.07) is 7.45. The van der Waals surface area contributed by atoms with Crippen molar-refractivity contribution in [1.82, 2.24) is 9.55 Å². The average Bonchev–Trinajstić information content (AvgIpc) is 2.87. The zero-order valence-electron chi connectivity index (χ0n) is 12.6. The van der Waals surface area contributed by atoms with Crippen LogP contribution in [0.3, 0.4) is 0 Å². The molecule has 20 heavy (non-hydrogen) atoms. The highest BCUT2D eigenvalue weighted by Gasteiger charge is 2.06. The summed E-state index contributed by atoms with van der Waals surface area (Å²) in [6.45, 7) is 8.92. The van der Waals surface area contributed by atoms with Gasteiger partial charge in [-0.3, -0.25) is 0 Å². The number of hydrogen-bond acceptors (Lipinski definition) is 3. The Hall–Kier alpha value is -2.10. The summed E-state index contributed by atoms with van der Waals surface area (Å²) >= 11 is 0. The summed E-state index contributed by atoms with van der Waals surface area (Å²) in [4.78, 5) is 15.7. The van der Waals surface area contributed by atoms with Crippen molar-refractivity contribution in [3.8, 4) is 0 Å². The fourth-order valence-corrected chi connectivity index (χ4v) is 1.73. The summed E-state index contributed by atoms with van der Waals surface area (Å²) in [5.74, 6) is 0.701. The molecule has 2 aromatic rings. The second-order valence-corrected chi connectivity index (χ2v) is 4.02. The molecule has 0 aliphatic heterocycles. The molecule has 0 bridgehead atoms. The predicted octanol–water partition coefficient (Wildman–Crippen LogP) is 3.44. The van der Waals surface area contributed by atoms with E-state index in [9.17, 15) is 4.79 Å². The van der Waals surface area contributed by atoms with Gasteiger partial charge in [-0.15, -0.1) is 0 Å². The minimum Gasteiger partial charge on any atom is -0.462 e. The third-order valence-corrected chi connectivity index (χ3v) is 2.74. The summed E-state index contributed by atoms with van der Waals surface area (Å²) in [7, 11) is 0. The number of benzene rings is 1. The van der Waals surface area contributed by atoms with Crippen LogP contribution in [0, 0.1) is 6.92 Å². The van der Waals surface area contributed by atoms with E-state index in [1.54, 1.807) is 25.3 Å². The number of aryl methyl sites for hydroxylation is 1. The minimum absolute atomic E-state index is 0.275. The first-order valence-corrected chi connectivity index (χ1v) is 6.94. The quantitative estimate of drug-likeness (QED) is 0.802. The van der Waals surface area contributed by atoms with Gasteiger partial charge < -0.3 is 9.30 Å². The normalized spacial score (nSPS) is 9.60. The Kier molecular flexibility index (Phi) is 6.50. The van der Waals surface area contributed by atoms with E-state index < -0.39 is 0 Å². The molecule has 0 N–H and O–H groups in total. The fraction of sp³-hybridized carbons (Fsp3) is 0.375. The molecule has 0 amide bonds. The van der Waals surface area contributed by atoms with E-state index >= 15 is 0 Å². The highest BCUT2D eigenvalue weighted by Crippen LogP contribution is 2.09. The maximum absolute atomic E-state index is 11.5. The van der Waals surface area contributed by atoms with Crippen LogP contribution < -0.4 is 0 Å². The zero-order valence-corrected chi connectivity index (χ0v) is 12.6. The van der Waals surface area contributed by atoms with E-state index in [1.165, 1.54) is 0 Å². The molecule has 0 aliphatic carbocycles. The van der Waals surface area contributed by atoms with Crippen molar-refractivity contribution < 1.29 is 9.53 Å². The first kappa shape index (κ1) is 16.0. The number of esters is 1. The van der Waals surface area contributed by atoms with E-state index in [1.807, 2.05) is 39.1 Å². The van der Waals surface area contributed by atoms with E-state index in [2.05, 4.69) is 9.55 Å². The van der Waals surface area contributed by atoms with Gasteiger partial charge >= 0.3 is 5.97 Å². The Labute approximate surface area is 120 Å². The van der Waals surface area contributed by atoms with Crippen molar-refractivity contribution in [3.05, 3.63) is 53.6 Å². The molecule has 0 atom stereocenters. The molecule has 2 rings (SSSR count). The Balaban J connectivity index is 0.000000956. The molecule has 0 saturated carbocycles. The number of carbonyl (C=O) groups is 1. The van der Waals surface area contributed by atoms with Crippen LogP contribution in [-0.4, -0.2) is 22.1 Å². The third-order valence-electron chi connectivity index (χ3n) is 2.74. The Morgan fingerprint density at radius 2 is 1.90 bits per heavy atom. The van der Waals surface area contributed by atoms with E-state index in [4.69, 9.17) is 4.74 Å². The lowest BCUT2D eigenvalue weighted by Crippen LogP contribution is -2.05. The van der Waals surface area contributed by atoms with Crippen molar-refractivity contribution in [2.75, 3.05) is 6.61 Å². The van der Waals surface area contributed by atoms with Crippen molar-refractivity contribution in [1.29, 1.82) is 0 Å². The number of imidazole rings is 1. The van der Waals surface area contributed by atoms with Crippen molar-refractivity contribution in [3.63, 3.8) is 0 Å². The van der Waals surface area contributed by atoms with Crippen LogP contribution in [0.5, 0.6) is 0 Å². The van der Waals surface area contributed by atoms with Crippen molar-refractivity contribution in [2.45, 2.75) is 34.2 Å². The summed E-state index contributed by atoms with van der Waals surface area (Å²) in [5.41, 5.74) is 1.71. The molecule has 108 valence electrons. The molecular weight excluding hydrogens is 252 g/mol. The molecule has 0 radical (unpaired) electrons. The molecule has 0 aliphatic rings. The largest absolute Gasteiger partial charge is 0.462 e. The van der Waals surface area contributed by atoms with Crippen LogP contribution in [0.15, 0.2) is 36.7 Å². The lowest BCUT2D eigenvalue weighted by molar-refractivity contribution is 0.0526. The van der Waals surface area contributed by atoms with Gasteiger partial charge in [-0.1, -0.05) is 26.0 Å². The maximum atomic E-state index is 11.5. The van der Waals surface area contributed by atoms with Crippen LogP contribution in [0.4, 0.5) is 0 Å².